The third kappa shape index (κ3) is 5.21. The number of aryl methyl sites for hydroxylation is 1. The Morgan fingerprint density at radius 1 is 1.30 bits per heavy atom. The number of nitrogens with one attached hydrogen (secondary N) is 2. The van der Waals surface area contributed by atoms with Crippen LogP contribution in [0.15, 0.2) is 17.3 Å². The first-order valence-electron chi connectivity index (χ1n) is 8.51. The van der Waals surface area contributed by atoms with Crippen molar-refractivity contribution < 1.29 is 0 Å². The molecule has 0 amide bonds. The lowest BCUT2D eigenvalue weighted by molar-refractivity contribution is 0.107. The predicted octanol–water partition coefficient (Wildman–Crippen LogP) is 0.111. The second-order valence-corrected chi connectivity index (χ2v) is 6.07. The van der Waals surface area contributed by atoms with Crippen LogP contribution in [-0.2, 0) is 13.6 Å². The van der Waals surface area contributed by atoms with Gasteiger partial charge in [-0.3, -0.25) is 14.6 Å². The number of guanidine groups is 1. The molecule has 2 rings (SSSR count). The van der Waals surface area contributed by atoms with Crippen LogP contribution in [0.25, 0.3) is 0 Å². The molecule has 23 heavy (non-hydrogen) atoms. The van der Waals surface area contributed by atoms with Crippen LogP contribution in [0.3, 0.4) is 0 Å². The van der Waals surface area contributed by atoms with Gasteiger partial charge in [-0.05, 0) is 19.5 Å². The predicted molar refractivity (Wildman–Crippen MR) is 94.6 cm³/mol. The fourth-order valence-corrected chi connectivity index (χ4v) is 2.86. The smallest absolute Gasteiger partial charge is 0.191 e. The Kier molecular flexibility index (Phi) is 6.85. The van der Waals surface area contributed by atoms with Crippen LogP contribution in [0.1, 0.15) is 19.5 Å². The van der Waals surface area contributed by atoms with Crippen molar-refractivity contribution in [3.05, 3.63) is 18.0 Å². The van der Waals surface area contributed by atoms with Crippen molar-refractivity contribution in [2.45, 2.75) is 26.4 Å². The van der Waals surface area contributed by atoms with E-state index in [1.165, 1.54) is 13.1 Å². The number of aromatic nitrogens is 2. The van der Waals surface area contributed by atoms with Crippen molar-refractivity contribution in [3.63, 3.8) is 0 Å². The van der Waals surface area contributed by atoms with Gasteiger partial charge in [0.15, 0.2) is 5.96 Å². The Balaban J connectivity index is 1.71. The molecule has 1 aromatic rings. The number of likely N-dealkylation sites (N-methyl/N-ethyl adjacent to an activating group) is 1. The van der Waals surface area contributed by atoms with Crippen molar-refractivity contribution in [1.29, 1.82) is 0 Å². The summed E-state index contributed by atoms with van der Waals surface area (Å²) in [6, 6.07) is 2.51. The molecular weight excluding hydrogens is 290 g/mol. The van der Waals surface area contributed by atoms with Gasteiger partial charge in [0.2, 0.25) is 0 Å². The molecule has 7 nitrogen and oxygen atoms in total. The number of nitrogens with zero attached hydrogens (tertiary/aromatic N) is 5. The Hall–Kier alpha value is -1.60. The highest BCUT2D eigenvalue weighted by molar-refractivity contribution is 5.79. The van der Waals surface area contributed by atoms with Crippen molar-refractivity contribution in [2.75, 3.05) is 46.3 Å². The van der Waals surface area contributed by atoms with E-state index in [9.17, 15) is 0 Å². The maximum atomic E-state index is 4.30. The third-order valence-corrected chi connectivity index (χ3v) is 4.63. The number of aliphatic imine (C=N–C) groups is 1. The van der Waals surface area contributed by atoms with Gasteiger partial charge in [-0.1, -0.05) is 6.92 Å². The summed E-state index contributed by atoms with van der Waals surface area (Å²) in [6.45, 7) is 11.9. The SMILES string of the molecule is CCN1CCN(C(C)CNC(=NC)NCc2ccnn2C)CC1. The second kappa shape index (κ2) is 8.88. The van der Waals surface area contributed by atoms with E-state index in [1.54, 1.807) is 0 Å². The minimum Gasteiger partial charge on any atom is -0.355 e. The number of piperazine rings is 1. The first-order chi connectivity index (χ1) is 11.1. The summed E-state index contributed by atoms with van der Waals surface area (Å²) in [5, 5.41) is 10.9. The standard InChI is InChI=1S/C16H31N7/c1-5-22-8-10-23(11-9-22)14(2)12-18-16(17-3)19-13-15-6-7-20-21(15)4/h6-7,14H,5,8-13H2,1-4H3,(H2,17,18,19). The molecule has 1 aliphatic rings. The minimum absolute atomic E-state index is 0.504. The van der Waals surface area contributed by atoms with Gasteiger partial charge in [-0.15, -0.1) is 0 Å². The first-order valence-corrected chi connectivity index (χ1v) is 8.51. The lowest BCUT2D eigenvalue weighted by Gasteiger charge is -2.37. The monoisotopic (exact) mass is 321 g/mol. The van der Waals surface area contributed by atoms with Crippen molar-refractivity contribution >= 4 is 5.96 Å². The summed E-state index contributed by atoms with van der Waals surface area (Å²) in [4.78, 5) is 9.35. The summed E-state index contributed by atoms with van der Waals surface area (Å²) >= 11 is 0. The average molecular weight is 321 g/mol. The Bertz CT molecular complexity index is 488. The van der Waals surface area contributed by atoms with Crippen LogP contribution in [0.4, 0.5) is 0 Å². The van der Waals surface area contributed by atoms with E-state index in [0.29, 0.717) is 6.04 Å². The van der Waals surface area contributed by atoms with Gasteiger partial charge >= 0.3 is 0 Å². The molecule has 1 fully saturated rings. The molecule has 0 bridgehead atoms. The highest BCUT2D eigenvalue weighted by Gasteiger charge is 2.20. The summed E-state index contributed by atoms with van der Waals surface area (Å²) < 4.78 is 1.87. The average Bonchev–Trinajstić information content (AvgIpc) is 3.00. The largest absolute Gasteiger partial charge is 0.355 e. The Morgan fingerprint density at radius 3 is 2.61 bits per heavy atom. The van der Waals surface area contributed by atoms with Gasteiger partial charge < -0.3 is 15.5 Å². The van der Waals surface area contributed by atoms with Gasteiger partial charge in [-0.2, -0.15) is 5.10 Å². The molecule has 0 aromatic carbocycles. The van der Waals surface area contributed by atoms with Crippen LogP contribution in [0.5, 0.6) is 0 Å². The maximum Gasteiger partial charge on any atom is 0.191 e. The lowest BCUT2D eigenvalue weighted by Crippen LogP contribution is -2.53. The normalized spacial score (nSPS) is 18.9. The van der Waals surface area contributed by atoms with Crippen LogP contribution in [0.2, 0.25) is 0 Å². The summed E-state index contributed by atoms with van der Waals surface area (Å²) in [7, 11) is 3.76. The van der Waals surface area contributed by atoms with E-state index >= 15 is 0 Å². The van der Waals surface area contributed by atoms with Gasteiger partial charge in [0.1, 0.15) is 0 Å². The second-order valence-electron chi connectivity index (χ2n) is 6.07. The molecule has 1 saturated heterocycles. The number of rotatable bonds is 6. The fraction of sp³-hybridized carbons (Fsp3) is 0.750. The van der Waals surface area contributed by atoms with Crippen LogP contribution < -0.4 is 10.6 Å². The molecular formula is C16H31N7. The fourth-order valence-electron chi connectivity index (χ4n) is 2.86. The summed E-state index contributed by atoms with van der Waals surface area (Å²) in [6.07, 6.45) is 1.81. The van der Waals surface area contributed by atoms with Crippen LogP contribution in [0, 0.1) is 0 Å². The molecule has 1 aliphatic heterocycles. The zero-order chi connectivity index (χ0) is 16.7. The maximum absolute atomic E-state index is 4.30. The van der Waals surface area contributed by atoms with E-state index in [0.717, 1.165) is 44.4 Å². The molecule has 0 saturated carbocycles. The van der Waals surface area contributed by atoms with Gasteiger partial charge in [0, 0.05) is 59.1 Å². The van der Waals surface area contributed by atoms with Crippen molar-refractivity contribution in [3.8, 4) is 0 Å². The zero-order valence-corrected chi connectivity index (χ0v) is 14.9. The van der Waals surface area contributed by atoms with Crippen LogP contribution in [-0.4, -0.2) is 77.9 Å². The zero-order valence-electron chi connectivity index (χ0n) is 14.9. The van der Waals surface area contributed by atoms with E-state index in [-0.39, 0.29) is 0 Å². The molecule has 0 aliphatic carbocycles. The minimum atomic E-state index is 0.504. The highest BCUT2D eigenvalue weighted by Crippen LogP contribution is 2.05. The summed E-state index contributed by atoms with van der Waals surface area (Å²) in [5.41, 5.74) is 1.14. The quantitative estimate of drug-likeness (QED) is 0.575. The van der Waals surface area contributed by atoms with Crippen molar-refractivity contribution in [1.82, 2.24) is 30.2 Å². The molecule has 130 valence electrons. The number of hydrogen-bond donors (Lipinski definition) is 2. The molecule has 1 aromatic heterocycles. The molecule has 0 spiro atoms. The van der Waals surface area contributed by atoms with Gasteiger partial charge in [0.05, 0.1) is 12.2 Å². The van der Waals surface area contributed by atoms with Gasteiger partial charge in [-0.25, -0.2) is 0 Å². The van der Waals surface area contributed by atoms with Crippen LogP contribution >= 0.6 is 0 Å². The molecule has 1 atom stereocenters. The van der Waals surface area contributed by atoms with Crippen molar-refractivity contribution in [2.24, 2.45) is 12.0 Å². The molecule has 0 radical (unpaired) electrons. The van der Waals surface area contributed by atoms with Gasteiger partial charge in [0.25, 0.3) is 0 Å². The molecule has 7 heteroatoms. The Labute approximate surface area is 139 Å². The van der Waals surface area contributed by atoms with E-state index in [1.807, 2.05) is 31.0 Å². The first kappa shape index (κ1) is 17.7. The highest BCUT2D eigenvalue weighted by atomic mass is 15.3. The third-order valence-electron chi connectivity index (χ3n) is 4.63. The van der Waals surface area contributed by atoms with E-state index in [2.05, 4.69) is 44.4 Å². The number of hydrogen-bond acceptors (Lipinski definition) is 4. The molecule has 1 unspecified atom stereocenters. The van der Waals surface area contributed by atoms with E-state index < -0.39 is 0 Å². The topological polar surface area (TPSA) is 60.7 Å². The Morgan fingerprint density at radius 2 is 2.04 bits per heavy atom. The molecule has 2 heterocycles. The van der Waals surface area contributed by atoms with E-state index in [4.69, 9.17) is 0 Å². The summed E-state index contributed by atoms with van der Waals surface area (Å²) in [5.74, 6) is 0.838. The molecule has 2 N–H and O–H groups in total. The lowest BCUT2D eigenvalue weighted by atomic mass is 10.2.